The molecule has 0 saturated heterocycles. The number of hydrogen-bond donors (Lipinski definition) is 0. The Morgan fingerprint density at radius 1 is 0.523 bits per heavy atom. The van der Waals surface area contributed by atoms with Gasteiger partial charge in [0, 0.05) is 27.2 Å². The molecule has 0 bridgehead atoms. The van der Waals surface area contributed by atoms with Gasteiger partial charge < -0.3 is 9.13 Å². The molecule has 202 valence electrons. The lowest BCUT2D eigenvalue weighted by Gasteiger charge is -2.11. The Morgan fingerprint density at radius 2 is 1.16 bits per heavy atom. The van der Waals surface area contributed by atoms with Gasteiger partial charge in [-0.3, -0.25) is 0 Å². The van der Waals surface area contributed by atoms with E-state index in [4.69, 9.17) is 13.1 Å². The number of benzene rings is 6. The van der Waals surface area contributed by atoms with Crippen LogP contribution in [-0.4, -0.2) is 9.13 Å². The van der Waals surface area contributed by atoms with Crippen molar-refractivity contribution in [2.24, 2.45) is 0 Å². The van der Waals surface area contributed by atoms with Gasteiger partial charge in [-0.2, -0.15) is 5.26 Å². The molecule has 5 nitrogen and oxygen atoms in total. The Hall–Kier alpha value is -6.61. The van der Waals surface area contributed by atoms with E-state index in [0.29, 0.717) is 22.6 Å². The molecule has 44 heavy (non-hydrogen) atoms. The van der Waals surface area contributed by atoms with Gasteiger partial charge in [0.25, 0.3) is 0 Å². The maximum Gasteiger partial charge on any atom is 0.210 e. The molecule has 8 aromatic rings. The fraction of sp³-hybridized carbons (Fsp3) is 0. The van der Waals surface area contributed by atoms with Gasteiger partial charge in [-0.1, -0.05) is 78.9 Å². The zero-order valence-electron chi connectivity index (χ0n) is 23.4. The number of rotatable bonds is 3. The zero-order valence-corrected chi connectivity index (χ0v) is 23.4. The third-order valence-corrected chi connectivity index (χ3v) is 8.38. The Kier molecular flexibility index (Phi) is 5.56. The van der Waals surface area contributed by atoms with E-state index in [2.05, 4.69) is 97.7 Å². The predicted molar refractivity (Wildman–Crippen MR) is 178 cm³/mol. The molecule has 0 unspecified atom stereocenters. The first-order valence-corrected chi connectivity index (χ1v) is 14.1. The predicted octanol–water partition coefficient (Wildman–Crippen LogP) is 10.5. The lowest BCUT2D eigenvalue weighted by molar-refractivity contribution is 1.18. The van der Waals surface area contributed by atoms with E-state index in [1.807, 2.05) is 36.4 Å². The van der Waals surface area contributed by atoms with Crippen LogP contribution in [0.15, 0.2) is 127 Å². The minimum atomic E-state index is 0.499. The Labute approximate surface area is 253 Å². The minimum absolute atomic E-state index is 0.499. The van der Waals surface area contributed by atoms with Gasteiger partial charge in [-0.25, -0.2) is 9.69 Å². The molecular formula is C39H21N5. The summed E-state index contributed by atoms with van der Waals surface area (Å²) in [5.74, 6) is 0. The highest BCUT2D eigenvalue weighted by molar-refractivity contribution is 6.12. The summed E-state index contributed by atoms with van der Waals surface area (Å²) in [7, 11) is 0. The molecule has 5 heteroatoms. The second kappa shape index (κ2) is 9.74. The quantitative estimate of drug-likeness (QED) is 0.199. The molecule has 0 radical (unpaired) electrons. The van der Waals surface area contributed by atoms with E-state index in [1.54, 1.807) is 18.2 Å². The lowest BCUT2D eigenvalue weighted by atomic mass is 10.0. The molecule has 0 N–H and O–H groups in total. The first-order chi connectivity index (χ1) is 21.7. The third-order valence-electron chi connectivity index (χ3n) is 8.38. The molecule has 0 aliphatic heterocycles. The van der Waals surface area contributed by atoms with E-state index in [0.717, 1.165) is 49.7 Å². The third kappa shape index (κ3) is 3.70. The van der Waals surface area contributed by atoms with Crippen molar-refractivity contribution in [1.29, 1.82) is 5.26 Å². The molecule has 6 aromatic carbocycles. The molecule has 8 rings (SSSR count). The normalized spacial score (nSPS) is 11.1. The van der Waals surface area contributed by atoms with Gasteiger partial charge in [0.15, 0.2) is 5.69 Å². The van der Waals surface area contributed by atoms with Crippen LogP contribution in [0.2, 0.25) is 0 Å². The summed E-state index contributed by atoms with van der Waals surface area (Å²) in [5, 5.41) is 14.1. The average molecular weight is 560 g/mol. The first kappa shape index (κ1) is 25.1. The lowest BCUT2D eigenvalue weighted by Crippen LogP contribution is -1.95. The summed E-state index contributed by atoms with van der Waals surface area (Å²) >= 11 is 0. The molecule has 0 aliphatic carbocycles. The van der Waals surface area contributed by atoms with E-state index in [9.17, 15) is 5.26 Å². The molecule has 0 aliphatic rings. The molecule has 0 atom stereocenters. The van der Waals surface area contributed by atoms with Crippen LogP contribution in [0.4, 0.5) is 11.4 Å². The van der Waals surface area contributed by atoms with Crippen LogP contribution < -0.4 is 0 Å². The molecule has 0 amide bonds. The Bertz CT molecular complexity index is 2580. The van der Waals surface area contributed by atoms with E-state index >= 15 is 0 Å². The SMILES string of the molecule is [C-]#[N+]c1ccc(-n2c3ccccc3c3ccc(-c4ccc5c(c4)c4ccccc4n5-c4cc(C#N)ccc4[N+]#[C-])cc32)cc1. The van der Waals surface area contributed by atoms with Crippen LogP contribution in [0.25, 0.3) is 75.8 Å². The van der Waals surface area contributed by atoms with E-state index in [1.165, 1.54) is 10.8 Å². The standard InChI is InChI=1S/C39H21N5/c1-41-28-14-16-29(17-15-28)43-35-9-5-3-7-30(35)32-18-12-27(23-38(32)43)26-13-20-37-33(22-26)31-8-4-6-10-36(31)44(37)39-21-25(24-40)11-19-34(39)42-2/h3-23H. The zero-order chi connectivity index (χ0) is 29.8. The van der Waals surface area contributed by atoms with Crippen LogP contribution in [0, 0.1) is 24.5 Å². The van der Waals surface area contributed by atoms with Crippen LogP contribution in [0.1, 0.15) is 5.56 Å². The molecule has 0 fully saturated rings. The van der Waals surface area contributed by atoms with Crippen LogP contribution >= 0.6 is 0 Å². The summed E-state index contributed by atoms with van der Waals surface area (Å²) in [6, 6.07) is 44.9. The number of fused-ring (bicyclic) bond motifs is 6. The Balaban J connectivity index is 1.37. The first-order valence-electron chi connectivity index (χ1n) is 14.1. The molecule has 2 aromatic heterocycles. The number of aromatic nitrogens is 2. The highest BCUT2D eigenvalue weighted by atomic mass is 15.0. The minimum Gasteiger partial charge on any atom is -0.319 e. The van der Waals surface area contributed by atoms with Crippen LogP contribution in [0.5, 0.6) is 0 Å². The summed E-state index contributed by atoms with van der Waals surface area (Å²) in [4.78, 5) is 7.34. The van der Waals surface area contributed by atoms with Gasteiger partial charge in [-0.05, 0) is 59.7 Å². The van der Waals surface area contributed by atoms with Crippen molar-refractivity contribution in [2.45, 2.75) is 0 Å². The van der Waals surface area contributed by atoms with Crippen molar-refractivity contribution in [3.63, 3.8) is 0 Å². The molecule has 2 heterocycles. The van der Waals surface area contributed by atoms with Crippen molar-refractivity contribution in [1.82, 2.24) is 9.13 Å². The van der Waals surface area contributed by atoms with Crippen molar-refractivity contribution >= 4 is 55.0 Å². The molecule has 0 spiro atoms. The largest absolute Gasteiger partial charge is 0.319 e. The topological polar surface area (TPSA) is 42.4 Å². The smallest absolute Gasteiger partial charge is 0.210 e. The number of hydrogen-bond acceptors (Lipinski definition) is 1. The average Bonchev–Trinajstić information content (AvgIpc) is 3.60. The second-order valence-electron chi connectivity index (χ2n) is 10.7. The molecular weight excluding hydrogens is 538 g/mol. The number of para-hydroxylation sites is 2. The number of nitrogens with zero attached hydrogens (tertiary/aromatic N) is 5. The van der Waals surface area contributed by atoms with Gasteiger partial charge >= 0.3 is 0 Å². The highest BCUT2D eigenvalue weighted by Gasteiger charge is 2.17. The van der Waals surface area contributed by atoms with Crippen LogP contribution in [0.3, 0.4) is 0 Å². The van der Waals surface area contributed by atoms with Crippen molar-refractivity contribution in [3.05, 3.63) is 156 Å². The van der Waals surface area contributed by atoms with Crippen molar-refractivity contribution in [2.75, 3.05) is 0 Å². The summed E-state index contributed by atoms with van der Waals surface area (Å²) in [5.41, 5.74) is 9.68. The molecule has 0 saturated carbocycles. The van der Waals surface area contributed by atoms with Gasteiger partial charge in [-0.15, -0.1) is 0 Å². The summed E-state index contributed by atoms with van der Waals surface area (Å²) in [6.07, 6.45) is 0. The Morgan fingerprint density at radius 3 is 1.89 bits per heavy atom. The maximum atomic E-state index is 9.60. The fourth-order valence-electron chi connectivity index (χ4n) is 6.38. The van der Waals surface area contributed by atoms with Crippen molar-refractivity contribution < 1.29 is 0 Å². The van der Waals surface area contributed by atoms with E-state index < -0.39 is 0 Å². The summed E-state index contributed by atoms with van der Waals surface area (Å²) in [6.45, 7) is 15.2. The van der Waals surface area contributed by atoms with Crippen molar-refractivity contribution in [3.8, 4) is 28.6 Å². The highest BCUT2D eigenvalue weighted by Crippen LogP contribution is 2.39. The van der Waals surface area contributed by atoms with Gasteiger partial charge in [0.1, 0.15) is 0 Å². The fourth-order valence-corrected chi connectivity index (χ4v) is 6.38. The number of nitriles is 1. The van der Waals surface area contributed by atoms with Gasteiger partial charge in [0.05, 0.1) is 52.5 Å². The second-order valence-corrected chi connectivity index (χ2v) is 10.7. The maximum absolute atomic E-state index is 9.60. The van der Waals surface area contributed by atoms with Crippen LogP contribution in [-0.2, 0) is 0 Å². The van der Waals surface area contributed by atoms with E-state index in [-0.39, 0.29) is 0 Å². The summed E-state index contributed by atoms with van der Waals surface area (Å²) < 4.78 is 4.36. The monoisotopic (exact) mass is 559 g/mol. The van der Waals surface area contributed by atoms with Gasteiger partial charge in [0.2, 0.25) is 5.69 Å².